The van der Waals surface area contributed by atoms with E-state index in [4.69, 9.17) is 11.6 Å². The van der Waals surface area contributed by atoms with Gasteiger partial charge in [-0.2, -0.15) is 0 Å². The second-order valence-corrected chi connectivity index (χ2v) is 4.95. The van der Waals surface area contributed by atoms with Gasteiger partial charge in [-0.25, -0.2) is 0 Å². The molecule has 16 heavy (non-hydrogen) atoms. The highest BCUT2D eigenvalue weighted by atomic mass is 16.4. The summed E-state index contributed by atoms with van der Waals surface area (Å²) < 4.78 is 0. The fourth-order valence-corrected chi connectivity index (χ4v) is 2.91. The molecule has 0 aromatic heterocycles. The predicted molar refractivity (Wildman–Crippen MR) is 62.3 cm³/mol. The van der Waals surface area contributed by atoms with Crippen molar-refractivity contribution in [2.75, 3.05) is 0 Å². The first-order chi connectivity index (χ1) is 7.55. The summed E-state index contributed by atoms with van der Waals surface area (Å²) in [7, 11) is 0. The van der Waals surface area contributed by atoms with Crippen molar-refractivity contribution in [2.24, 2.45) is 10.6 Å². The molecule has 1 saturated carbocycles. The maximum absolute atomic E-state index is 10.5. The average Bonchev–Trinajstić information content (AvgIpc) is 2.30. The van der Waals surface area contributed by atoms with Gasteiger partial charge in [-0.1, -0.05) is 23.6 Å². The van der Waals surface area contributed by atoms with Crippen molar-refractivity contribution in [2.45, 2.75) is 44.6 Å². The molecular formula is C13H17NO2. The van der Waals surface area contributed by atoms with E-state index < -0.39 is 5.60 Å². The van der Waals surface area contributed by atoms with Crippen LogP contribution in [0.2, 0.25) is 0 Å². The van der Waals surface area contributed by atoms with Crippen molar-refractivity contribution in [1.82, 2.24) is 0 Å². The lowest BCUT2D eigenvalue weighted by atomic mass is 9.57. The minimum atomic E-state index is -1.04. The lowest BCUT2D eigenvalue weighted by Gasteiger charge is -2.49. The van der Waals surface area contributed by atoms with Crippen LogP contribution >= 0.6 is 0 Å². The Morgan fingerprint density at radius 3 is 2.81 bits per heavy atom. The van der Waals surface area contributed by atoms with Gasteiger partial charge in [0, 0.05) is 5.41 Å². The number of rotatable bonds is 0. The third-order valence-electron chi connectivity index (χ3n) is 4.20. The van der Waals surface area contributed by atoms with E-state index in [1.54, 1.807) is 0 Å². The number of allylic oxidation sites excluding steroid dienone is 1. The van der Waals surface area contributed by atoms with Gasteiger partial charge in [-0.15, -0.1) is 6.42 Å². The van der Waals surface area contributed by atoms with E-state index in [0.717, 1.165) is 24.8 Å². The van der Waals surface area contributed by atoms with Crippen LogP contribution in [-0.4, -0.2) is 21.6 Å². The van der Waals surface area contributed by atoms with Crippen LogP contribution in [0.5, 0.6) is 0 Å². The van der Waals surface area contributed by atoms with E-state index in [9.17, 15) is 5.11 Å². The first kappa shape index (κ1) is 11.2. The molecule has 86 valence electrons. The molecule has 0 unspecified atom stereocenters. The molecule has 1 fully saturated rings. The monoisotopic (exact) mass is 219 g/mol. The first-order valence-corrected chi connectivity index (χ1v) is 5.68. The molecule has 0 aromatic rings. The van der Waals surface area contributed by atoms with E-state index in [-0.39, 0.29) is 5.41 Å². The Morgan fingerprint density at radius 2 is 2.19 bits per heavy atom. The SMILES string of the molecule is C#C[C@]1(O)CCCC2=CC(=NO)CC[C@]21C. The quantitative estimate of drug-likeness (QED) is 0.372. The van der Waals surface area contributed by atoms with E-state index in [1.165, 1.54) is 0 Å². The van der Waals surface area contributed by atoms with Gasteiger partial charge >= 0.3 is 0 Å². The normalized spacial score (nSPS) is 41.1. The van der Waals surface area contributed by atoms with Crippen LogP contribution in [0.15, 0.2) is 16.8 Å². The van der Waals surface area contributed by atoms with Crippen molar-refractivity contribution < 1.29 is 10.3 Å². The zero-order chi connectivity index (χ0) is 11.8. The maximum atomic E-state index is 10.5. The molecule has 0 aromatic carbocycles. The second-order valence-electron chi connectivity index (χ2n) is 4.95. The van der Waals surface area contributed by atoms with Crippen molar-refractivity contribution >= 4 is 5.71 Å². The summed E-state index contributed by atoms with van der Waals surface area (Å²) in [6, 6.07) is 0. The zero-order valence-corrected chi connectivity index (χ0v) is 9.53. The molecule has 0 saturated heterocycles. The van der Waals surface area contributed by atoms with Gasteiger partial charge in [0.15, 0.2) is 0 Å². The van der Waals surface area contributed by atoms with E-state index in [2.05, 4.69) is 11.1 Å². The molecule has 0 spiro atoms. The van der Waals surface area contributed by atoms with Crippen LogP contribution in [0.3, 0.4) is 0 Å². The topological polar surface area (TPSA) is 52.8 Å². The van der Waals surface area contributed by atoms with Crippen molar-refractivity contribution in [3.63, 3.8) is 0 Å². The summed E-state index contributed by atoms with van der Waals surface area (Å²) in [5, 5.41) is 22.6. The molecule has 0 heterocycles. The van der Waals surface area contributed by atoms with Gasteiger partial charge in [0.1, 0.15) is 5.60 Å². The summed E-state index contributed by atoms with van der Waals surface area (Å²) in [5.41, 5.74) is 0.415. The zero-order valence-electron chi connectivity index (χ0n) is 9.53. The number of terminal acetylenes is 1. The Labute approximate surface area is 95.9 Å². The Morgan fingerprint density at radius 1 is 1.44 bits per heavy atom. The van der Waals surface area contributed by atoms with Crippen LogP contribution < -0.4 is 0 Å². The van der Waals surface area contributed by atoms with Crippen LogP contribution in [0, 0.1) is 17.8 Å². The highest BCUT2D eigenvalue weighted by Crippen LogP contribution is 2.52. The van der Waals surface area contributed by atoms with Gasteiger partial charge < -0.3 is 10.3 Å². The lowest BCUT2D eigenvalue weighted by Crippen LogP contribution is -2.50. The molecule has 2 aliphatic carbocycles. The third-order valence-corrected chi connectivity index (χ3v) is 4.20. The highest BCUT2D eigenvalue weighted by molar-refractivity contribution is 5.96. The second kappa shape index (κ2) is 3.64. The van der Waals surface area contributed by atoms with E-state index >= 15 is 0 Å². The summed E-state index contributed by atoms with van der Waals surface area (Å²) in [6.45, 7) is 2.02. The molecular weight excluding hydrogens is 202 g/mol. The van der Waals surface area contributed by atoms with Crippen LogP contribution in [0.25, 0.3) is 0 Å². The summed E-state index contributed by atoms with van der Waals surface area (Å²) in [5.74, 6) is 2.57. The largest absolute Gasteiger partial charge is 0.411 e. The first-order valence-electron chi connectivity index (χ1n) is 5.68. The number of hydrogen-bond acceptors (Lipinski definition) is 3. The molecule has 3 nitrogen and oxygen atoms in total. The summed E-state index contributed by atoms with van der Waals surface area (Å²) in [6.07, 6.45) is 11.3. The van der Waals surface area contributed by atoms with Crippen LogP contribution in [0.1, 0.15) is 39.0 Å². The minimum absolute atomic E-state index is 0.353. The molecule has 0 bridgehead atoms. The molecule has 0 radical (unpaired) electrons. The third kappa shape index (κ3) is 1.37. The van der Waals surface area contributed by atoms with Gasteiger partial charge in [-0.3, -0.25) is 0 Å². The van der Waals surface area contributed by atoms with Gasteiger partial charge in [0.25, 0.3) is 0 Å². The number of aliphatic hydroxyl groups is 1. The molecule has 2 N–H and O–H groups in total. The number of hydrogen-bond donors (Lipinski definition) is 2. The Balaban J connectivity index is 2.46. The maximum Gasteiger partial charge on any atom is 0.134 e. The Kier molecular flexibility index (Phi) is 2.55. The van der Waals surface area contributed by atoms with Crippen molar-refractivity contribution in [3.8, 4) is 12.3 Å². The van der Waals surface area contributed by atoms with Crippen LogP contribution in [0.4, 0.5) is 0 Å². The Bertz CT molecular complexity index is 405. The molecule has 0 aliphatic heterocycles. The fourth-order valence-electron chi connectivity index (χ4n) is 2.91. The van der Waals surface area contributed by atoms with E-state index in [1.807, 2.05) is 13.0 Å². The molecule has 2 aliphatic rings. The highest BCUT2D eigenvalue weighted by Gasteiger charge is 2.51. The van der Waals surface area contributed by atoms with Gasteiger partial charge in [0.05, 0.1) is 5.71 Å². The number of nitrogens with zero attached hydrogens (tertiary/aromatic N) is 1. The lowest BCUT2D eigenvalue weighted by molar-refractivity contribution is -0.0324. The van der Waals surface area contributed by atoms with Crippen LogP contribution in [-0.2, 0) is 0 Å². The summed E-state index contributed by atoms with van der Waals surface area (Å²) >= 11 is 0. The molecule has 3 heteroatoms. The van der Waals surface area contributed by atoms with Crippen molar-refractivity contribution in [1.29, 1.82) is 0 Å². The Hall–Kier alpha value is -1.27. The standard InChI is InChI=1S/C13H17NO2/c1-3-13(15)7-4-5-10-9-11(14-16)6-8-12(10,13)2/h1,9,15-16H,4-8H2,2H3/t12-,13+/m1/s1. The smallest absolute Gasteiger partial charge is 0.134 e. The minimum Gasteiger partial charge on any atom is -0.411 e. The fraction of sp³-hybridized carbons (Fsp3) is 0.615. The molecule has 2 atom stereocenters. The molecule has 2 rings (SSSR count). The summed E-state index contributed by atoms with van der Waals surface area (Å²) in [4.78, 5) is 0. The predicted octanol–water partition coefficient (Wildman–Crippen LogP) is 2.09. The van der Waals surface area contributed by atoms with E-state index in [0.29, 0.717) is 18.6 Å². The number of fused-ring (bicyclic) bond motifs is 1. The van der Waals surface area contributed by atoms with Crippen molar-refractivity contribution in [3.05, 3.63) is 11.6 Å². The van der Waals surface area contributed by atoms with Gasteiger partial charge in [0.2, 0.25) is 0 Å². The number of oxime groups is 1. The average molecular weight is 219 g/mol. The van der Waals surface area contributed by atoms with Gasteiger partial charge in [-0.05, 0) is 38.2 Å². The molecule has 0 amide bonds.